The van der Waals surface area contributed by atoms with Crippen molar-refractivity contribution in [3.05, 3.63) is 64.7 Å². The number of benzene rings is 2. The maximum atomic E-state index is 12.6. The lowest BCUT2D eigenvalue weighted by atomic mass is 10.0. The molecule has 1 atom stereocenters. The highest BCUT2D eigenvalue weighted by atomic mass is 35.5. The Morgan fingerprint density at radius 3 is 2.40 bits per heavy atom. The van der Waals surface area contributed by atoms with E-state index in [-0.39, 0.29) is 12.0 Å². The number of carbonyl (C=O) groups excluding carboxylic acids is 1. The molecule has 0 aliphatic carbocycles. The Hall–Kier alpha value is -2.04. The minimum atomic E-state index is -1.02. The molecule has 25 heavy (non-hydrogen) atoms. The number of carbonyl (C=O) groups is 1. The first-order chi connectivity index (χ1) is 11.8. The zero-order valence-corrected chi connectivity index (χ0v) is 15.8. The highest BCUT2D eigenvalue weighted by Crippen LogP contribution is 2.22. The quantitative estimate of drug-likeness (QED) is 0.799. The van der Waals surface area contributed by atoms with Crippen LogP contribution in [0.15, 0.2) is 48.5 Å². The molecule has 0 saturated carbocycles. The summed E-state index contributed by atoms with van der Waals surface area (Å²) >= 11 is 5.87. The van der Waals surface area contributed by atoms with Crippen LogP contribution in [0.3, 0.4) is 0 Å². The van der Waals surface area contributed by atoms with E-state index in [1.165, 1.54) is 0 Å². The molecule has 0 radical (unpaired) electrons. The van der Waals surface area contributed by atoms with Gasteiger partial charge in [-0.15, -0.1) is 0 Å². The Labute approximate surface area is 154 Å². The smallest absolute Gasteiger partial charge is 0.263 e. The lowest BCUT2D eigenvalue weighted by Gasteiger charge is -2.27. The van der Waals surface area contributed by atoms with Gasteiger partial charge in [0.25, 0.3) is 5.91 Å². The van der Waals surface area contributed by atoms with Crippen molar-refractivity contribution in [3.8, 4) is 5.75 Å². The van der Waals surface area contributed by atoms with Crippen molar-refractivity contribution in [2.75, 3.05) is 13.7 Å². The summed E-state index contributed by atoms with van der Waals surface area (Å²) < 4.78 is 11.3. The van der Waals surface area contributed by atoms with E-state index >= 15 is 0 Å². The highest BCUT2D eigenvalue weighted by molar-refractivity contribution is 6.30. The first kappa shape index (κ1) is 19.3. The molecule has 0 spiro atoms. The largest absolute Gasteiger partial charge is 0.478 e. The van der Waals surface area contributed by atoms with Gasteiger partial charge in [0.1, 0.15) is 5.75 Å². The first-order valence-corrected chi connectivity index (χ1v) is 8.52. The molecule has 0 aromatic heterocycles. The van der Waals surface area contributed by atoms with Gasteiger partial charge in [-0.25, -0.2) is 0 Å². The Kier molecular flexibility index (Phi) is 6.45. The molecule has 2 aromatic carbocycles. The van der Waals surface area contributed by atoms with E-state index in [0.717, 1.165) is 11.1 Å². The van der Waals surface area contributed by atoms with E-state index in [0.29, 0.717) is 17.3 Å². The highest BCUT2D eigenvalue weighted by Gasteiger charge is 2.30. The number of nitrogens with one attached hydrogen (secondary N) is 1. The van der Waals surface area contributed by atoms with E-state index in [2.05, 4.69) is 5.32 Å². The second kappa shape index (κ2) is 8.37. The molecular weight excluding hydrogens is 338 g/mol. The summed E-state index contributed by atoms with van der Waals surface area (Å²) in [5, 5.41) is 3.54. The van der Waals surface area contributed by atoms with Crippen LogP contribution < -0.4 is 10.1 Å². The summed E-state index contributed by atoms with van der Waals surface area (Å²) in [6.07, 6.45) is -0.212. The number of ether oxygens (including phenoxy) is 2. The lowest BCUT2D eigenvalue weighted by molar-refractivity contribution is -0.134. The van der Waals surface area contributed by atoms with Gasteiger partial charge in [0.05, 0.1) is 6.10 Å². The molecule has 2 aromatic rings. The third-order valence-electron chi connectivity index (χ3n) is 4.00. The van der Waals surface area contributed by atoms with E-state index in [1.54, 1.807) is 45.2 Å². The summed E-state index contributed by atoms with van der Waals surface area (Å²) in [4.78, 5) is 12.6. The SMILES string of the molecule is CO[C@@H](CNC(=O)C(C)(C)Oc1ccc(Cl)cc1)c1ccccc1C. The van der Waals surface area contributed by atoms with Crippen LogP contribution in [0.5, 0.6) is 5.75 Å². The first-order valence-electron chi connectivity index (χ1n) is 8.14. The number of halogens is 1. The van der Waals surface area contributed by atoms with Gasteiger partial charge in [0.2, 0.25) is 0 Å². The lowest BCUT2D eigenvalue weighted by Crippen LogP contribution is -2.47. The van der Waals surface area contributed by atoms with Gasteiger partial charge < -0.3 is 14.8 Å². The predicted molar refractivity (Wildman–Crippen MR) is 100 cm³/mol. The van der Waals surface area contributed by atoms with Crippen LogP contribution >= 0.6 is 11.6 Å². The van der Waals surface area contributed by atoms with E-state index < -0.39 is 5.60 Å². The monoisotopic (exact) mass is 361 g/mol. The van der Waals surface area contributed by atoms with Crippen LogP contribution in [0.25, 0.3) is 0 Å². The molecule has 0 saturated heterocycles. The van der Waals surface area contributed by atoms with Crippen molar-refractivity contribution in [1.82, 2.24) is 5.32 Å². The van der Waals surface area contributed by atoms with Crippen LogP contribution in [0, 0.1) is 6.92 Å². The van der Waals surface area contributed by atoms with Crippen molar-refractivity contribution < 1.29 is 14.3 Å². The van der Waals surface area contributed by atoms with Gasteiger partial charge in [-0.3, -0.25) is 4.79 Å². The fourth-order valence-corrected chi connectivity index (χ4v) is 2.64. The minimum Gasteiger partial charge on any atom is -0.478 e. The molecule has 0 aliphatic heterocycles. The molecule has 4 nitrogen and oxygen atoms in total. The van der Waals surface area contributed by atoms with E-state index in [1.807, 2.05) is 31.2 Å². The summed E-state index contributed by atoms with van der Waals surface area (Å²) in [7, 11) is 1.64. The summed E-state index contributed by atoms with van der Waals surface area (Å²) in [6, 6.07) is 14.9. The van der Waals surface area contributed by atoms with Crippen LogP contribution in [0.4, 0.5) is 0 Å². The second-order valence-electron chi connectivity index (χ2n) is 6.36. The summed E-state index contributed by atoms with van der Waals surface area (Å²) in [5.74, 6) is 0.379. The van der Waals surface area contributed by atoms with Crippen molar-refractivity contribution in [1.29, 1.82) is 0 Å². The number of aryl methyl sites for hydroxylation is 1. The summed E-state index contributed by atoms with van der Waals surface area (Å²) in [5.41, 5.74) is 1.17. The average Bonchev–Trinajstić information content (AvgIpc) is 2.58. The van der Waals surface area contributed by atoms with Gasteiger partial charge in [-0.1, -0.05) is 35.9 Å². The number of amides is 1. The normalized spacial score (nSPS) is 12.5. The van der Waals surface area contributed by atoms with Gasteiger partial charge >= 0.3 is 0 Å². The second-order valence-corrected chi connectivity index (χ2v) is 6.79. The molecule has 1 N–H and O–H groups in total. The Balaban J connectivity index is 1.99. The topological polar surface area (TPSA) is 47.6 Å². The van der Waals surface area contributed by atoms with Crippen molar-refractivity contribution in [2.24, 2.45) is 0 Å². The molecule has 5 heteroatoms. The van der Waals surface area contributed by atoms with Crippen LogP contribution in [-0.2, 0) is 9.53 Å². The Morgan fingerprint density at radius 1 is 1.16 bits per heavy atom. The maximum absolute atomic E-state index is 12.6. The van der Waals surface area contributed by atoms with Crippen molar-refractivity contribution in [2.45, 2.75) is 32.5 Å². The third-order valence-corrected chi connectivity index (χ3v) is 4.25. The molecule has 0 heterocycles. The van der Waals surface area contributed by atoms with Crippen molar-refractivity contribution in [3.63, 3.8) is 0 Å². The molecule has 0 aliphatic rings. The minimum absolute atomic E-state index is 0.210. The summed E-state index contributed by atoms with van der Waals surface area (Å²) in [6.45, 7) is 5.85. The zero-order chi connectivity index (χ0) is 18.4. The number of rotatable bonds is 7. The standard InChI is InChI=1S/C20H24ClNO3/c1-14-7-5-6-8-17(14)18(24-4)13-22-19(23)20(2,3)25-16-11-9-15(21)10-12-16/h5-12,18H,13H2,1-4H3,(H,22,23)/t18-/m0/s1. The predicted octanol–water partition coefficient (Wildman–Crippen LogP) is 4.31. The Bertz CT molecular complexity index is 713. The van der Waals surface area contributed by atoms with Gasteiger partial charge in [-0.05, 0) is 56.2 Å². The molecule has 0 bridgehead atoms. The molecule has 1 amide bonds. The van der Waals surface area contributed by atoms with Crippen LogP contribution in [-0.4, -0.2) is 25.2 Å². The molecular formula is C20H24ClNO3. The van der Waals surface area contributed by atoms with Crippen molar-refractivity contribution >= 4 is 17.5 Å². The third kappa shape index (κ3) is 5.21. The van der Waals surface area contributed by atoms with Gasteiger partial charge in [0.15, 0.2) is 5.60 Å². The number of methoxy groups -OCH3 is 1. The zero-order valence-electron chi connectivity index (χ0n) is 15.0. The number of hydrogen-bond acceptors (Lipinski definition) is 3. The fourth-order valence-electron chi connectivity index (χ4n) is 2.51. The Morgan fingerprint density at radius 2 is 1.80 bits per heavy atom. The van der Waals surface area contributed by atoms with E-state index in [9.17, 15) is 4.79 Å². The van der Waals surface area contributed by atoms with E-state index in [4.69, 9.17) is 21.1 Å². The molecule has 0 fully saturated rings. The number of hydrogen-bond donors (Lipinski definition) is 1. The molecule has 0 unspecified atom stereocenters. The maximum Gasteiger partial charge on any atom is 0.263 e. The van der Waals surface area contributed by atoms with Crippen LogP contribution in [0.1, 0.15) is 31.1 Å². The van der Waals surface area contributed by atoms with Gasteiger partial charge in [0, 0.05) is 18.7 Å². The van der Waals surface area contributed by atoms with Gasteiger partial charge in [-0.2, -0.15) is 0 Å². The average molecular weight is 362 g/mol. The molecule has 134 valence electrons. The fraction of sp³-hybridized carbons (Fsp3) is 0.350. The molecule has 2 rings (SSSR count). The van der Waals surface area contributed by atoms with Crippen LogP contribution in [0.2, 0.25) is 5.02 Å².